The standard InChI is InChI=1S/C22H19Cl2F3N8O4/c1-11(39-20(28)37)18-30-17(31-35(18)15-6-7-29-8-14(15)24)10-34-21(38)33(9-16(36)22(25,26)27)19(32-34)12-2-4-13(23)5-3-12/h2-8,11,16,36H,9-10H2,1H3,(H2,28,37)/t11?,16-/m0/s1. The highest BCUT2D eigenvalue weighted by Gasteiger charge is 2.39. The van der Waals surface area contributed by atoms with Crippen molar-refractivity contribution in [3.05, 3.63) is 74.9 Å². The van der Waals surface area contributed by atoms with Crippen LogP contribution in [0.15, 0.2) is 47.5 Å². The lowest BCUT2D eigenvalue weighted by Gasteiger charge is -2.15. The van der Waals surface area contributed by atoms with E-state index in [9.17, 15) is 27.9 Å². The fraction of sp³-hybridized carbons (Fsp3) is 0.273. The number of nitrogens with zero attached hydrogens (tertiary/aromatic N) is 7. The highest BCUT2D eigenvalue weighted by atomic mass is 35.5. The zero-order valence-corrected chi connectivity index (χ0v) is 21.4. The van der Waals surface area contributed by atoms with Crippen molar-refractivity contribution in [2.45, 2.75) is 38.4 Å². The van der Waals surface area contributed by atoms with E-state index in [-0.39, 0.29) is 28.1 Å². The van der Waals surface area contributed by atoms with Gasteiger partial charge < -0.3 is 15.6 Å². The number of aromatic nitrogens is 7. The quantitative estimate of drug-likeness (QED) is 0.319. The Morgan fingerprint density at radius 1 is 1.18 bits per heavy atom. The summed E-state index contributed by atoms with van der Waals surface area (Å²) in [6.07, 6.45) is -7.11. The number of benzene rings is 1. The maximum Gasteiger partial charge on any atom is 0.416 e. The third-order valence-electron chi connectivity index (χ3n) is 5.36. The first-order valence-electron chi connectivity index (χ1n) is 11.0. The fourth-order valence-electron chi connectivity index (χ4n) is 3.57. The van der Waals surface area contributed by atoms with E-state index in [4.69, 9.17) is 33.7 Å². The Morgan fingerprint density at radius 3 is 2.49 bits per heavy atom. The van der Waals surface area contributed by atoms with Gasteiger partial charge in [-0.25, -0.2) is 23.9 Å². The lowest BCUT2D eigenvalue weighted by Crippen LogP contribution is -2.37. The SMILES string of the molecule is CC(OC(N)=O)c1nc(Cn2nc(-c3ccc(Cl)cc3)n(C[C@H](O)C(F)(F)F)c2=O)nn1-c1ccncc1Cl. The predicted molar refractivity (Wildman–Crippen MR) is 131 cm³/mol. The van der Waals surface area contributed by atoms with E-state index >= 15 is 0 Å². The van der Waals surface area contributed by atoms with Crippen LogP contribution in [0.3, 0.4) is 0 Å². The van der Waals surface area contributed by atoms with Crippen LogP contribution < -0.4 is 11.4 Å². The Bertz CT molecular complexity index is 1550. The Hall–Kier alpha value is -3.95. The highest BCUT2D eigenvalue weighted by Crippen LogP contribution is 2.26. The second-order valence-corrected chi connectivity index (χ2v) is 8.99. The molecule has 206 valence electrons. The van der Waals surface area contributed by atoms with Crippen LogP contribution in [0.1, 0.15) is 24.7 Å². The second kappa shape index (κ2) is 11.0. The molecule has 3 aromatic heterocycles. The van der Waals surface area contributed by atoms with Gasteiger partial charge in [-0.2, -0.15) is 13.2 Å². The largest absolute Gasteiger partial charge is 0.438 e. The highest BCUT2D eigenvalue weighted by molar-refractivity contribution is 6.32. The number of pyridine rings is 1. The number of primary amides is 1. The lowest BCUT2D eigenvalue weighted by atomic mass is 10.2. The summed E-state index contributed by atoms with van der Waals surface area (Å²) in [7, 11) is 0. The number of nitrogens with two attached hydrogens (primary N) is 1. The molecule has 12 nitrogen and oxygen atoms in total. The molecule has 1 aromatic carbocycles. The third-order valence-corrected chi connectivity index (χ3v) is 5.90. The minimum Gasteiger partial charge on any atom is -0.438 e. The van der Waals surface area contributed by atoms with Crippen molar-refractivity contribution in [3.63, 3.8) is 0 Å². The summed E-state index contributed by atoms with van der Waals surface area (Å²) >= 11 is 12.2. The molecule has 39 heavy (non-hydrogen) atoms. The topological polar surface area (TPSA) is 156 Å². The number of hydrogen-bond acceptors (Lipinski definition) is 8. The molecule has 0 radical (unpaired) electrons. The van der Waals surface area contributed by atoms with Crippen molar-refractivity contribution in [1.82, 2.24) is 34.1 Å². The van der Waals surface area contributed by atoms with Gasteiger partial charge in [-0.05, 0) is 37.3 Å². The summed E-state index contributed by atoms with van der Waals surface area (Å²) in [6.45, 7) is -0.0355. The van der Waals surface area contributed by atoms with Gasteiger partial charge in [-0.1, -0.05) is 23.2 Å². The molecule has 0 fully saturated rings. The van der Waals surface area contributed by atoms with Crippen molar-refractivity contribution >= 4 is 29.3 Å². The molecule has 0 saturated carbocycles. The van der Waals surface area contributed by atoms with Crippen LogP contribution in [0.25, 0.3) is 17.1 Å². The molecule has 0 spiro atoms. The summed E-state index contributed by atoms with van der Waals surface area (Å²) in [6, 6.07) is 7.38. The summed E-state index contributed by atoms with van der Waals surface area (Å²) in [4.78, 5) is 32.7. The third kappa shape index (κ3) is 6.21. The number of hydrogen-bond donors (Lipinski definition) is 2. The van der Waals surface area contributed by atoms with Crippen molar-refractivity contribution in [2.24, 2.45) is 5.73 Å². The lowest BCUT2D eigenvalue weighted by molar-refractivity contribution is -0.207. The number of rotatable bonds is 8. The normalized spacial score (nSPS) is 13.3. The maximum absolute atomic E-state index is 13.2. The summed E-state index contributed by atoms with van der Waals surface area (Å²) in [5, 5.41) is 18.7. The van der Waals surface area contributed by atoms with Gasteiger partial charge in [0, 0.05) is 23.0 Å². The Kier molecular flexibility index (Phi) is 7.94. The van der Waals surface area contributed by atoms with E-state index in [1.807, 2.05) is 0 Å². The molecule has 1 unspecified atom stereocenters. The van der Waals surface area contributed by atoms with E-state index in [1.165, 1.54) is 54.3 Å². The van der Waals surface area contributed by atoms with Gasteiger partial charge >= 0.3 is 18.0 Å². The van der Waals surface area contributed by atoms with Crippen molar-refractivity contribution in [1.29, 1.82) is 0 Å². The molecule has 2 atom stereocenters. The number of ether oxygens (including phenoxy) is 1. The summed E-state index contributed by atoms with van der Waals surface area (Å²) < 4.78 is 47.2. The van der Waals surface area contributed by atoms with E-state index in [0.717, 1.165) is 4.68 Å². The van der Waals surface area contributed by atoms with Crippen molar-refractivity contribution in [2.75, 3.05) is 0 Å². The molecule has 4 rings (SSSR count). The van der Waals surface area contributed by atoms with Crippen molar-refractivity contribution < 1.29 is 27.8 Å². The molecule has 1 amide bonds. The molecule has 0 saturated heterocycles. The van der Waals surface area contributed by atoms with Crippen LogP contribution in [-0.2, 0) is 17.8 Å². The molecule has 3 heterocycles. The molecule has 0 aliphatic heterocycles. The minimum absolute atomic E-state index is 0.0245. The fourth-order valence-corrected chi connectivity index (χ4v) is 3.90. The van der Waals surface area contributed by atoms with Crippen LogP contribution in [0, 0.1) is 0 Å². The number of carbonyl (C=O) groups excluding carboxylic acids is 1. The van der Waals surface area contributed by atoms with Gasteiger partial charge in [0.1, 0.15) is 6.54 Å². The van der Waals surface area contributed by atoms with E-state index in [2.05, 4.69) is 20.2 Å². The Balaban J connectivity index is 1.79. The average Bonchev–Trinajstić information content (AvgIpc) is 3.41. The van der Waals surface area contributed by atoms with Gasteiger partial charge in [0.05, 0.1) is 17.3 Å². The monoisotopic (exact) mass is 586 g/mol. The van der Waals surface area contributed by atoms with Gasteiger partial charge in [-0.3, -0.25) is 9.55 Å². The van der Waals surface area contributed by atoms with E-state index < -0.39 is 43.3 Å². The van der Waals surface area contributed by atoms with Gasteiger partial charge in [0.25, 0.3) is 0 Å². The first-order valence-corrected chi connectivity index (χ1v) is 11.8. The first kappa shape index (κ1) is 28.1. The Morgan fingerprint density at radius 2 is 1.87 bits per heavy atom. The van der Waals surface area contributed by atoms with Crippen LogP contribution in [0.4, 0.5) is 18.0 Å². The first-order chi connectivity index (χ1) is 18.3. The zero-order valence-electron chi connectivity index (χ0n) is 19.9. The average molecular weight is 587 g/mol. The smallest absolute Gasteiger partial charge is 0.416 e. The number of amides is 1. The van der Waals surface area contributed by atoms with E-state index in [0.29, 0.717) is 15.3 Å². The second-order valence-electron chi connectivity index (χ2n) is 8.14. The van der Waals surface area contributed by atoms with Gasteiger partial charge in [0.2, 0.25) is 0 Å². The molecule has 0 bridgehead atoms. The molecular weight excluding hydrogens is 568 g/mol. The molecule has 3 N–H and O–H groups in total. The van der Waals surface area contributed by atoms with Crippen LogP contribution in [0.5, 0.6) is 0 Å². The van der Waals surface area contributed by atoms with Gasteiger partial charge in [0.15, 0.2) is 29.7 Å². The predicted octanol–water partition coefficient (Wildman–Crippen LogP) is 3.12. The Labute approximate surface area is 227 Å². The molecule has 0 aliphatic rings. The molecular formula is C22H19Cl2F3N8O4. The van der Waals surface area contributed by atoms with E-state index in [1.54, 1.807) is 0 Å². The minimum atomic E-state index is -4.98. The van der Waals surface area contributed by atoms with Crippen LogP contribution in [-0.4, -0.2) is 57.6 Å². The number of halogens is 5. The molecule has 4 aromatic rings. The van der Waals surface area contributed by atoms with Crippen LogP contribution in [0.2, 0.25) is 10.0 Å². The number of aliphatic hydroxyl groups excluding tert-OH is 1. The number of alkyl halides is 3. The molecule has 17 heteroatoms. The zero-order chi connectivity index (χ0) is 28.5. The summed E-state index contributed by atoms with van der Waals surface area (Å²) in [5.41, 5.74) is 4.75. The molecule has 0 aliphatic carbocycles. The number of carbonyl (C=O) groups is 1. The van der Waals surface area contributed by atoms with Crippen LogP contribution >= 0.6 is 23.2 Å². The number of aliphatic hydroxyl groups is 1. The van der Waals surface area contributed by atoms with Crippen molar-refractivity contribution in [3.8, 4) is 17.1 Å². The maximum atomic E-state index is 13.2. The summed E-state index contributed by atoms with van der Waals surface area (Å²) in [5.74, 6) is -0.0967. The van der Waals surface area contributed by atoms with Gasteiger partial charge in [-0.15, -0.1) is 10.2 Å².